The Kier molecular flexibility index (Phi) is 9.16. The average molecular weight is 466 g/mol. The van der Waals surface area contributed by atoms with Crippen LogP contribution in [0.2, 0.25) is 0 Å². The highest BCUT2D eigenvalue weighted by Gasteiger charge is 2.57. The third kappa shape index (κ3) is 5.64. The Balaban J connectivity index is 2.19. The van der Waals surface area contributed by atoms with E-state index in [-0.39, 0.29) is 11.7 Å². The summed E-state index contributed by atoms with van der Waals surface area (Å²) in [6.45, 7) is -0.948. The molecule has 1 fully saturated rings. The maximum atomic E-state index is 14.7. The van der Waals surface area contributed by atoms with Gasteiger partial charge in [0, 0.05) is 18.8 Å². The summed E-state index contributed by atoms with van der Waals surface area (Å²) in [5.41, 5.74) is -2.17. The van der Waals surface area contributed by atoms with Crippen molar-refractivity contribution in [3.05, 3.63) is 23.8 Å². The second kappa shape index (κ2) is 11.2. The summed E-state index contributed by atoms with van der Waals surface area (Å²) >= 11 is 0. The van der Waals surface area contributed by atoms with Gasteiger partial charge in [0.05, 0.1) is 5.92 Å². The molecule has 0 amide bonds. The Labute approximate surface area is 185 Å². The molecular weight excluding hydrogens is 433 g/mol. The van der Waals surface area contributed by atoms with Gasteiger partial charge in [-0.3, -0.25) is 4.79 Å². The predicted molar refractivity (Wildman–Crippen MR) is 113 cm³/mol. The van der Waals surface area contributed by atoms with E-state index in [9.17, 15) is 26.7 Å². The van der Waals surface area contributed by atoms with Crippen LogP contribution in [-0.2, 0) is 11.2 Å². The smallest absolute Gasteiger partial charge is 0.315 e. The first-order valence-electron chi connectivity index (χ1n) is 11.0. The number of carboxylic acid groups (broad SMARTS) is 1. The van der Waals surface area contributed by atoms with Gasteiger partial charge in [0.15, 0.2) is 6.67 Å². The molecule has 1 saturated carbocycles. The largest absolute Gasteiger partial charge is 0.481 e. The summed E-state index contributed by atoms with van der Waals surface area (Å²) in [5.74, 6) is -4.72. The lowest BCUT2D eigenvalue weighted by Gasteiger charge is -2.35. The van der Waals surface area contributed by atoms with Gasteiger partial charge in [-0.25, -0.2) is 17.6 Å². The van der Waals surface area contributed by atoms with Crippen LogP contribution in [0.4, 0.5) is 27.6 Å². The number of alkyl halides is 5. The highest BCUT2D eigenvalue weighted by Crippen LogP contribution is 2.37. The number of halogens is 5. The molecule has 0 aliphatic heterocycles. The van der Waals surface area contributed by atoms with Crippen molar-refractivity contribution in [1.29, 1.82) is 0 Å². The number of aryl methyl sites for hydroxylation is 1. The normalized spacial score (nSPS) is 21.1. The number of anilines is 1. The van der Waals surface area contributed by atoms with Gasteiger partial charge in [-0.15, -0.1) is 0 Å². The molecule has 0 aromatic heterocycles. The lowest BCUT2D eigenvalue weighted by molar-refractivity contribution is -0.197. The van der Waals surface area contributed by atoms with Crippen molar-refractivity contribution in [2.75, 3.05) is 38.0 Å². The van der Waals surface area contributed by atoms with Crippen LogP contribution >= 0.6 is 0 Å². The van der Waals surface area contributed by atoms with Crippen molar-refractivity contribution in [3.8, 4) is 5.75 Å². The van der Waals surface area contributed by atoms with Crippen LogP contribution in [0, 0.1) is 11.8 Å². The molecule has 1 aromatic rings. The number of benzene rings is 1. The molecule has 1 aromatic carbocycles. The van der Waals surface area contributed by atoms with Gasteiger partial charge < -0.3 is 14.7 Å². The number of hydrogen-bond donors (Lipinski definition) is 1. The number of nitrogens with zero attached hydrogens (tertiary/aromatic N) is 1. The molecule has 1 atom stereocenters. The Morgan fingerprint density at radius 2 is 1.72 bits per heavy atom. The van der Waals surface area contributed by atoms with Gasteiger partial charge in [-0.05, 0) is 68.7 Å². The lowest BCUT2D eigenvalue weighted by atomic mass is 9.81. The Morgan fingerprint density at radius 1 is 1.09 bits per heavy atom. The van der Waals surface area contributed by atoms with Gasteiger partial charge in [-0.2, -0.15) is 4.39 Å². The van der Waals surface area contributed by atoms with Gasteiger partial charge in [-0.1, -0.05) is 6.92 Å². The number of carbonyl (C=O) groups is 1. The van der Waals surface area contributed by atoms with Crippen molar-refractivity contribution in [3.63, 3.8) is 0 Å². The molecule has 1 aliphatic rings. The number of ether oxygens (including phenoxy) is 1. The highest BCUT2D eigenvalue weighted by molar-refractivity contribution is 5.70. The maximum Gasteiger partial charge on any atom is 0.315 e. The third-order valence-electron chi connectivity index (χ3n) is 6.37. The van der Waals surface area contributed by atoms with Crippen LogP contribution in [0.15, 0.2) is 18.2 Å². The molecule has 1 aliphatic carbocycles. The molecule has 0 radical (unpaired) electrons. The predicted octanol–water partition coefficient (Wildman–Crippen LogP) is 5.63. The van der Waals surface area contributed by atoms with Crippen LogP contribution in [0.5, 0.6) is 5.75 Å². The Morgan fingerprint density at radius 3 is 2.19 bits per heavy atom. The zero-order valence-corrected chi connectivity index (χ0v) is 18.6. The number of aliphatic carboxylic acids is 1. The standard InChI is InChI=1S/C23H32F5NO3/c1-3-17-11-19(32-23(28,15-26)22(27,13-24)14-25)9-10-20(17)29(4-2)12-16-5-7-18(8-6-16)21(30)31/h9-11,16,18H,3-8,12-15H2,1-2H3,(H,30,31). The molecule has 1 N–H and O–H groups in total. The molecule has 0 saturated heterocycles. The minimum absolute atomic E-state index is 0.215. The molecule has 0 spiro atoms. The van der Waals surface area contributed by atoms with E-state index in [1.54, 1.807) is 6.07 Å². The number of carboxylic acids is 1. The van der Waals surface area contributed by atoms with Crippen LogP contribution < -0.4 is 9.64 Å². The minimum Gasteiger partial charge on any atom is -0.481 e. The van der Waals surface area contributed by atoms with Crippen LogP contribution in [0.1, 0.15) is 45.1 Å². The topological polar surface area (TPSA) is 49.8 Å². The minimum atomic E-state index is -3.78. The molecule has 9 heteroatoms. The molecule has 1 unspecified atom stereocenters. The summed E-state index contributed by atoms with van der Waals surface area (Å²) in [4.78, 5) is 13.3. The SMILES string of the molecule is CCc1cc(OC(F)(CF)C(F)(CF)CF)ccc1N(CC)CC1CCC(C(=O)O)CC1. The van der Waals surface area contributed by atoms with E-state index in [2.05, 4.69) is 4.90 Å². The summed E-state index contributed by atoms with van der Waals surface area (Å²) in [7, 11) is 0. The summed E-state index contributed by atoms with van der Waals surface area (Å²) < 4.78 is 72.9. The lowest BCUT2D eigenvalue weighted by Crippen LogP contribution is -2.56. The maximum absolute atomic E-state index is 14.7. The molecular formula is C23H32F5NO3. The van der Waals surface area contributed by atoms with Crippen molar-refractivity contribution >= 4 is 11.7 Å². The Bertz CT molecular complexity index is 753. The van der Waals surface area contributed by atoms with E-state index in [4.69, 9.17) is 9.84 Å². The first kappa shape index (κ1) is 26.2. The first-order valence-corrected chi connectivity index (χ1v) is 11.0. The summed E-state index contributed by atoms with van der Waals surface area (Å²) in [6.07, 6.45) is 3.41. The van der Waals surface area contributed by atoms with Gasteiger partial charge in [0.1, 0.15) is 19.1 Å². The van der Waals surface area contributed by atoms with Gasteiger partial charge in [0.2, 0.25) is 5.67 Å². The molecule has 32 heavy (non-hydrogen) atoms. The van der Waals surface area contributed by atoms with E-state index in [1.807, 2.05) is 13.8 Å². The van der Waals surface area contributed by atoms with E-state index in [0.29, 0.717) is 38.3 Å². The van der Waals surface area contributed by atoms with E-state index in [0.717, 1.165) is 24.1 Å². The second-order valence-electron chi connectivity index (χ2n) is 8.44. The second-order valence-corrected chi connectivity index (χ2v) is 8.44. The third-order valence-corrected chi connectivity index (χ3v) is 6.37. The number of hydrogen-bond acceptors (Lipinski definition) is 3. The van der Waals surface area contributed by atoms with Crippen LogP contribution in [0.3, 0.4) is 0 Å². The van der Waals surface area contributed by atoms with Gasteiger partial charge in [0.25, 0.3) is 0 Å². The van der Waals surface area contributed by atoms with Crippen LogP contribution in [0.25, 0.3) is 0 Å². The Hall–Kier alpha value is -2.06. The fraction of sp³-hybridized carbons (Fsp3) is 0.696. The summed E-state index contributed by atoms with van der Waals surface area (Å²) in [5, 5.41) is 9.17. The van der Waals surface area contributed by atoms with E-state index < -0.39 is 37.5 Å². The van der Waals surface area contributed by atoms with Gasteiger partial charge >= 0.3 is 11.8 Å². The quantitative estimate of drug-likeness (QED) is 0.407. The zero-order valence-electron chi connectivity index (χ0n) is 18.6. The van der Waals surface area contributed by atoms with Crippen molar-refractivity contribution in [1.82, 2.24) is 0 Å². The van der Waals surface area contributed by atoms with Crippen molar-refractivity contribution < 1.29 is 36.6 Å². The van der Waals surface area contributed by atoms with Crippen molar-refractivity contribution in [2.24, 2.45) is 11.8 Å². The fourth-order valence-corrected chi connectivity index (χ4v) is 4.18. The molecule has 2 rings (SSSR count). The average Bonchev–Trinajstić information content (AvgIpc) is 2.82. The molecule has 0 bridgehead atoms. The molecule has 4 nitrogen and oxygen atoms in total. The molecule has 182 valence electrons. The van der Waals surface area contributed by atoms with Crippen molar-refractivity contribution in [2.45, 2.75) is 57.5 Å². The zero-order chi connectivity index (χ0) is 23.9. The highest BCUT2D eigenvalue weighted by atomic mass is 19.2. The summed E-state index contributed by atoms with van der Waals surface area (Å²) in [6, 6.07) is 4.41. The fourth-order valence-electron chi connectivity index (χ4n) is 4.18. The molecule has 0 heterocycles. The van der Waals surface area contributed by atoms with E-state index in [1.165, 1.54) is 12.1 Å². The first-order chi connectivity index (χ1) is 15.2. The van der Waals surface area contributed by atoms with E-state index >= 15 is 0 Å². The monoisotopic (exact) mass is 465 g/mol. The van der Waals surface area contributed by atoms with Crippen LogP contribution in [-0.4, -0.2) is 55.7 Å². The number of rotatable bonds is 12.